The molecular formula is C13H12N2O4. The highest BCUT2D eigenvalue weighted by Crippen LogP contribution is 2.38. The third-order valence-electron chi connectivity index (χ3n) is 3.62. The van der Waals surface area contributed by atoms with E-state index in [1.165, 1.54) is 0 Å². The smallest absolute Gasteiger partial charge is 0.312 e. The molecule has 2 aliphatic rings. The number of para-hydroxylation sites is 1. The van der Waals surface area contributed by atoms with E-state index in [1.54, 1.807) is 29.2 Å². The summed E-state index contributed by atoms with van der Waals surface area (Å²) in [5, 5.41) is 11.5. The Morgan fingerprint density at radius 3 is 2.68 bits per heavy atom. The molecule has 1 aromatic carbocycles. The van der Waals surface area contributed by atoms with E-state index >= 15 is 0 Å². The van der Waals surface area contributed by atoms with Gasteiger partial charge in [-0.2, -0.15) is 0 Å². The van der Waals surface area contributed by atoms with Crippen LogP contribution >= 0.6 is 0 Å². The molecule has 98 valence electrons. The molecule has 1 fully saturated rings. The lowest BCUT2D eigenvalue weighted by molar-refractivity contribution is -0.138. The number of carbonyl (C=O) groups is 3. The summed E-state index contributed by atoms with van der Waals surface area (Å²) in [5.41, 5.74) is 1.42. The molecule has 0 spiro atoms. The van der Waals surface area contributed by atoms with Crippen molar-refractivity contribution >= 4 is 23.5 Å². The lowest BCUT2D eigenvalue weighted by atomic mass is 10.0. The number of aliphatic carboxylic acids is 1. The predicted molar refractivity (Wildman–Crippen MR) is 65.7 cm³/mol. The van der Waals surface area contributed by atoms with Crippen molar-refractivity contribution in [1.82, 2.24) is 5.32 Å². The van der Waals surface area contributed by atoms with Crippen molar-refractivity contribution in [2.75, 3.05) is 11.4 Å². The number of carboxylic acid groups (broad SMARTS) is 1. The molecule has 0 bridgehead atoms. The van der Waals surface area contributed by atoms with Crippen LogP contribution < -0.4 is 10.2 Å². The van der Waals surface area contributed by atoms with Gasteiger partial charge in [0.2, 0.25) is 11.8 Å². The molecular weight excluding hydrogens is 248 g/mol. The molecule has 19 heavy (non-hydrogen) atoms. The van der Waals surface area contributed by atoms with E-state index in [9.17, 15) is 19.5 Å². The standard InChI is InChI=1S/C13H12N2O4/c16-11-5-10(12(17)14-11)15-6-8(13(18)19)7-3-1-2-4-9(7)15/h1-4,8,10H,5-6H2,(H,18,19)(H,14,16,17). The molecule has 0 radical (unpaired) electrons. The van der Waals surface area contributed by atoms with Crippen molar-refractivity contribution in [2.45, 2.75) is 18.4 Å². The number of benzene rings is 1. The van der Waals surface area contributed by atoms with Crippen molar-refractivity contribution in [3.05, 3.63) is 29.8 Å². The number of hydrogen-bond acceptors (Lipinski definition) is 4. The van der Waals surface area contributed by atoms with Crippen LogP contribution in [0.3, 0.4) is 0 Å². The van der Waals surface area contributed by atoms with Gasteiger partial charge in [0, 0.05) is 12.2 Å². The third kappa shape index (κ3) is 1.76. The first-order valence-electron chi connectivity index (χ1n) is 6.00. The molecule has 2 atom stereocenters. The number of amides is 2. The van der Waals surface area contributed by atoms with Crippen molar-refractivity contribution in [1.29, 1.82) is 0 Å². The normalized spacial score (nSPS) is 25.4. The Bertz CT molecular complexity index is 584. The average molecular weight is 260 g/mol. The number of nitrogens with zero attached hydrogens (tertiary/aromatic N) is 1. The van der Waals surface area contributed by atoms with Gasteiger partial charge in [0.15, 0.2) is 0 Å². The highest BCUT2D eigenvalue weighted by atomic mass is 16.4. The lowest BCUT2D eigenvalue weighted by Gasteiger charge is -2.24. The van der Waals surface area contributed by atoms with Gasteiger partial charge in [0.25, 0.3) is 0 Å². The maximum atomic E-state index is 11.7. The summed E-state index contributed by atoms with van der Waals surface area (Å²) < 4.78 is 0. The topological polar surface area (TPSA) is 86.7 Å². The number of carboxylic acids is 1. The number of hydrogen-bond donors (Lipinski definition) is 2. The second-order valence-electron chi connectivity index (χ2n) is 4.73. The van der Waals surface area contributed by atoms with E-state index < -0.39 is 17.9 Å². The number of nitrogens with one attached hydrogen (secondary N) is 1. The summed E-state index contributed by atoms with van der Waals surface area (Å²) in [7, 11) is 0. The Morgan fingerprint density at radius 2 is 2.05 bits per heavy atom. The molecule has 6 nitrogen and oxygen atoms in total. The lowest BCUT2D eigenvalue weighted by Crippen LogP contribution is -2.40. The monoisotopic (exact) mass is 260 g/mol. The second kappa shape index (κ2) is 4.08. The van der Waals surface area contributed by atoms with Crippen LogP contribution in [-0.4, -0.2) is 35.5 Å². The minimum absolute atomic E-state index is 0.0828. The summed E-state index contributed by atoms with van der Waals surface area (Å²) in [4.78, 5) is 36.0. The summed E-state index contributed by atoms with van der Waals surface area (Å²) in [5.74, 6) is -2.24. The van der Waals surface area contributed by atoms with E-state index in [4.69, 9.17) is 0 Å². The zero-order valence-corrected chi connectivity index (χ0v) is 10.00. The molecule has 2 heterocycles. The van der Waals surface area contributed by atoms with E-state index in [1.807, 2.05) is 0 Å². The first-order chi connectivity index (χ1) is 9.08. The zero-order valence-electron chi connectivity index (χ0n) is 10.00. The fraction of sp³-hybridized carbons (Fsp3) is 0.308. The van der Waals surface area contributed by atoms with Crippen LogP contribution in [0.1, 0.15) is 17.9 Å². The summed E-state index contributed by atoms with van der Waals surface area (Å²) in [6, 6.07) is 6.51. The molecule has 2 N–H and O–H groups in total. The first kappa shape index (κ1) is 11.7. The Kier molecular flexibility index (Phi) is 2.51. The van der Waals surface area contributed by atoms with Crippen LogP contribution in [0.2, 0.25) is 0 Å². The minimum atomic E-state index is -0.917. The molecule has 6 heteroatoms. The van der Waals surface area contributed by atoms with Crippen LogP contribution in [0.4, 0.5) is 5.69 Å². The Hall–Kier alpha value is -2.37. The maximum Gasteiger partial charge on any atom is 0.312 e. The Balaban J connectivity index is 1.99. The van der Waals surface area contributed by atoms with Crippen LogP contribution in [0.5, 0.6) is 0 Å². The van der Waals surface area contributed by atoms with Crippen molar-refractivity contribution in [3.63, 3.8) is 0 Å². The quantitative estimate of drug-likeness (QED) is 0.736. The molecule has 0 aromatic heterocycles. The highest BCUT2D eigenvalue weighted by molar-refractivity contribution is 6.07. The van der Waals surface area contributed by atoms with E-state index in [-0.39, 0.29) is 24.8 Å². The average Bonchev–Trinajstić information content (AvgIpc) is 2.89. The Morgan fingerprint density at radius 1 is 1.32 bits per heavy atom. The van der Waals surface area contributed by atoms with Crippen LogP contribution in [0.25, 0.3) is 0 Å². The molecule has 3 rings (SSSR count). The Labute approximate surface area is 109 Å². The van der Waals surface area contributed by atoms with E-state index in [0.717, 1.165) is 5.69 Å². The van der Waals surface area contributed by atoms with E-state index in [2.05, 4.69) is 5.32 Å². The molecule has 2 unspecified atom stereocenters. The largest absolute Gasteiger partial charge is 0.481 e. The van der Waals surface area contributed by atoms with Crippen molar-refractivity contribution in [2.24, 2.45) is 0 Å². The number of rotatable bonds is 2. The van der Waals surface area contributed by atoms with Gasteiger partial charge in [-0.1, -0.05) is 18.2 Å². The van der Waals surface area contributed by atoms with Gasteiger partial charge in [0.05, 0.1) is 6.42 Å². The van der Waals surface area contributed by atoms with Gasteiger partial charge < -0.3 is 10.0 Å². The SMILES string of the molecule is O=C1CC(N2CC(C(=O)O)c3ccccc32)C(=O)N1. The summed E-state index contributed by atoms with van der Waals surface area (Å²) in [6.45, 7) is 0.222. The minimum Gasteiger partial charge on any atom is -0.481 e. The van der Waals surface area contributed by atoms with Crippen molar-refractivity contribution in [3.8, 4) is 0 Å². The summed E-state index contributed by atoms with van der Waals surface area (Å²) >= 11 is 0. The molecule has 1 aromatic rings. The number of carbonyl (C=O) groups excluding carboxylic acids is 2. The molecule has 2 amide bonds. The van der Waals surface area contributed by atoms with E-state index in [0.29, 0.717) is 5.56 Å². The summed E-state index contributed by atoms with van der Waals surface area (Å²) in [6.07, 6.45) is 0.0828. The van der Waals surface area contributed by atoms with Gasteiger partial charge >= 0.3 is 5.97 Å². The fourth-order valence-corrected chi connectivity index (χ4v) is 2.74. The third-order valence-corrected chi connectivity index (χ3v) is 3.62. The molecule has 0 saturated carbocycles. The van der Waals surface area contributed by atoms with Crippen LogP contribution in [0, 0.1) is 0 Å². The fourth-order valence-electron chi connectivity index (χ4n) is 2.74. The van der Waals surface area contributed by atoms with Gasteiger partial charge in [-0.25, -0.2) is 0 Å². The molecule has 1 saturated heterocycles. The number of fused-ring (bicyclic) bond motifs is 1. The molecule has 0 aliphatic carbocycles. The number of anilines is 1. The zero-order chi connectivity index (χ0) is 13.6. The molecule has 2 aliphatic heterocycles. The van der Waals surface area contributed by atoms with Crippen molar-refractivity contribution < 1.29 is 19.5 Å². The van der Waals surface area contributed by atoms with Gasteiger partial charge in [-0.05, 0) is 11.6 Å². The maximum absolute atomic E-state index is 11.7. The highest BCUT2D eigenvalue weighted by Gasteiger charge is 2.42. The van der Waals surface area contributed by atoms with Gasteiger partial charge in [-0.15, -0.1) is 0 Å². The predicted octanol–water partition coefficient (Wildman–Crippen LogP) is 0.0899. The first-order valence-corrected chi connectivity index (χ1v) is 6.00. The van der Waals surface area contributed by atoms with Gasteiger partial charge in [-0.3, -0.25) is 19.7 Å². The number of imide groups is 1. The van der Waals surface area contributed by atoms with Gasteiger partial charge in [0.1, 0.15) is 12.0 Å². The van der Waals surface area contributed by atoms with Crippen LogP contribution in [0.15, 0.2) is 24.3 Å². The second-order valence-corrected chi connectivity index (χ2v) is 4.73. The van der Waals surface area contributed by atoms with Crippen LogP contribution in [-0.2, 0) is 14.4 Å².